The maximum atomic E-state index is 12.1. The number of aromatic nitrogens is 1. The van der Waals surface area contributed by atoms with Crippen LogP contribution in [0.25, 0.3) is 10.9 Å². The molecule has 1 amide bonds. The molecular formula is C15H19N3O3. The van der Waals surface area contributed by atoms with Gasteiger partial charge in [-0.3, -0.25) is 14.9 Å². The van der Waals surface area contributed by atoms with Gasteiger partial charge < -0.3 is 9.88 Å². The van der Waals surface area contributed by atoms with E-state index in [2.05, 4.69) is 5.32 Å². The lowest BCUT2D eigenvalue weighted by atomic mass is 10.0. The van der Waals surface area contributed by atoms with Crippen molar-refractivity contribution in [2.45, 2.75) is 39.3 Å². The second kappa shape index (κ2) is 5.55. The van der Waals surface area contributed by atoms with Crippen LogP contribution >= 0.6 is 0 Å². The van der Waals surface area contributed by atoms with Gasteiger partial charge in [0.05, 0.1) is 15.8 Å². The smallest absolute Gasteiger partial charge is 0.278 e. The number of rotatable bonds is 5. The second-order valence-corrected chi connectivity index (χ2v) is 5.70. The van der Waals surface area contributed by atoms with Crippen molar-refractivity contribution in [2.75, 3.05) is 0 Å². The quantitative estimate of drug-likeness (QED) is 0.679. The zero-order valence-corrected chi connectivity index (χ0v) is 12.4. The number of nitrogens with zero attached hydrogens (tertiary/aromatic N) is 2. The largest absolute Gasteiger partial charge is 0.350 e. The highest BCUT2D eigenvalue weighted by atomic mass is 16.6. The minimum absolute atomic E-state index is 0.0561. The van der Waals surface area contributed by atoms with Crippen LogP contribution in [-0.4, -0.2) is 20.9 Å². The maximum absolute atomic E-state index is 12.1. The number of benzene rings is 1. The zero-order valence-electron chi connectivity index (χ0n) is 12.4. The van der Waals surface area contributed by atoms with Crippen LogP contribution in [0.2, 0.25) is 0 Å². The summed E-state index contributed by atoms with van der Waals surface area (Å²) in [7, 11) is 0. The van der Waals surface area contributed by atoms with Crippen molar-refractivity contribution in [2.24, 2.45) is 0 Å². The summed E-state index contributed by atoms with van der Waals surface area (Å²) in [4.78, 5) is 22.7. The summed E-state index contributed by atoms with van der Waals surface area (Å²) in [6, 6.07) is 6.55. The number of nitro benzene ring substituents is 1. The summed E-state index contributed by atoms with van der Waals surface area (Å²) in [5, 5.41) is 14.5. The van der Waals surface area contributed by atoms with Crippen molar-refractivity contribution >= 4 is 22.5 Å². The van der Waals surface area contributed by atoms with Crippen LogP contribution < -0.4 is 5.32 Å². The molecule has 0 atom stereocenters. The van der Waals surface area contributed by atoms with Crippen LogP contribution in [0.5, 0.6) is 0 Å². The van der Waals surface area contributed by atoms with Crippen molar-refractivity contribution in [3.8, 4) is 0 Å². The molecule has 6 nitrogen and oxygen atoms in total. The monoisotopic (exact) mass is 289 g/mol. The summed E-state index contributed by atoms with van der Waals surface area (Å²) in [6.07, 6.45) is 2.53. The number of hydrogen-bond donors (Lipinski definition) is 1. The minimum Gasteiger partial charge on any atom is -0.350 e. The van der Waals surface area contributed by atoms with E-state index in [0.29, 0.717) is 10.9 Å². The van der Waals surface area contributed by atoms with E-state index in [0.717, 1.165) is 6.42 Å². The Morgan fingerprint density at radius 1 is 1.38 bits per heavy atom. The third kappa shape index (κ3) is 3.21. The molecule has 21 heavy (non-hydrogen) atoms. The van der Waals surface area contributed by atoms with Crippen LogP contribution in [0.15, 0.2) is 30.5 Å². The van der Waals surface area contributed by atoms with Crippen LogP contribution in [0, 0.1) is 10.1 Å². The van der Waals surface area contributed by atoms with Gasteiger partial charge in [-0.25, -0.2) is 0 Å². The Bertz CT molecular complexity index is 689. The first-order valence-corrected chi connectivity index (χ1v) is 6.87. The molecular weight excluding hydrogens is 270 g/mol. The first-order chi connectivity index (χ1) is 9.84. The number of nitro groups is 1. The van der Waals surface area contributed by atoms with Crippen molar-refractivity contribution in [1.29, 1.82) is 0 Å². The Morgan fingerprint density at radius 2 is 2.10 bits per heavy atom. The lowest BCUT2D eigenvalue weighted by Crippen LogP contribution is -2.44. The molecule has 0 saturated carbocycles. The fourth-order valence-electron chi connectivity index (χ4n) is 2.16. The van der Waals surface area contributed by atoms with Crippen molar-refractivity contribution in [3.63, 3.8) is 0 Å². The van der Waals surface area contributed by atoms with Crippen LogP contribution in [0.1, 0.15) is 27.2 Å². The molecule has 0 aliphatic carbocycles. The molecule has 0 aliphatic heterocycles. The molecule has 0 unspecified atom stereocenters. The van der Waals surface area contributed by atoms with E-state index in [-0.39, 0.29) is 23.7 Å². The second-order valence-electron chi connectivity index (χ2n) is 5.70. The van der Waals surface area contributed by atoms with Gasteiger partial charge in [-0.1, -0.05) is 13.0 Å². The number of amides is 1. The average molecular weight is 289 g/mol. The number of carbonyl (C=O) groups excluding carboxylic acids is 1. The average Bonchev–Trinajstić information content (AvgIpc) is 2.81. The van der Waals surface area contributed by atoms with Crippen molar-refractivity contribution in [3.05, 3.63) is 40.6 Å². The molecule has 0 spiro atoms. The van der Waals surface area contributed by atoms with Crippen LogP contribution in [0.3, 0.4) is 0 Å². The molecule has 2 rings (SSSR count). The van der Waals surface area contributed by atoms with E-state index in [1.165, 1.54) is 6.07 Å². The number of nitrogens with one attached hydrogen (secondary N) is 1. The van der Waals surface area contributed by atoms with Crippen molar-refractivity contribution in [1.82, 2.24) is 9.88 Å². The van der Waals surface area contributed by atoms with Gasteiger partial charge in [0, 0.05) is 17.8 Å². The summed E-state index contributed by atoms with van der Waals surface area (Å²) < 4.78 is 1.73. The molecule has 6 heteroatoms. The van der Waals surface area contributed by atoms with Gasteiger partial charge in [0.1, 0.15) is 6.54 Å². The number of carbonyl (C=O) groups is 1. The van der Waals surface area contributed by atoms with Crippen LogP contribution in [0.4, 0.5) is 5.69 Å². The van der Waals surface area contributed by atoms with E-state index < -0.39 is 4.92 Å². The Balaban J connectivity index is 2.26. The first kappa shape index (κ1) is 15.0. The SMILES string of the molecule is CCC(C)(C)NC(=O)Cn1ccc2c([N+](=O)[O-])cccc21. The lowest BCUT2D eigenvalue weighted by Gasteiger charge is -2.24. The summed E-state index contributed by atoms with van der Waals surface area (Å²) in [6.45, 7) is 6.08. The third-order valence-electron chi connectivity index (χ3n) is 3.66. The molecule has 2 aromatic rings. The molecule has 0 bridgehead atoms. The predicted octanol–water partition coefficient (Wildman–Crippen LogP) is 2.85. The van der Waals surface area contributed by atoms with Gasteiger partial charge in [-0.15, -0.1) is 0 Å². The molecule has 1 aromatic heterocycles. The maximum Gasteiger partial charge on any atom is 0.278 e. The highest BCUT2D eigenvalue weighted by Gasteiger charge is 2.19. The van der Waals surface area contributed by atoms with Gasteiger partial charge in [-0.05, 0) is 32.4 Å². The molecule has 0 radical (unpaired) electrons. The van der Waals surface area contributed by atoms with E-state index in [1.807, 2.05) is 20.8 Å². The normalized spacial score (nSPS) is 11.6. The van der Waals surface area contributed by atoms with Gasteiger partial charge >= 0.3 is 0 Å². The molecule has 0 aliphatic rings. The van der Waals surface area contributed by atoms with E-state index in [9.17, 15) is 14.9 Å². The van der Waals surface area contributed by atoms with Crippen LogP contribution in [-0.2, 0) is 11.3 Å². The molecule has 0 saturated heterocycles. The summed E-state index contributed by atoms with van der Waals surface area (Å²) in [5.74, 6) is -0.106. The summed E-state index contributed by atoms with van der Waals surface area (Å²) in [5.41, 5.74) is 0.487. The number of non-ortho nitro benzene ring substituents is 1. The van der Waals surface area contributed by atoms with Gasteiger partial charge in [0.2, 0.25) is 5.91 Å². The topological polar surface area (TPSA) is 77.2 Å². The van der Waals surface area contributed by atoms with Gasteiger partial charge in [0.25, 0.3) is 5.69 Å². The fourth-order valence-corrected chi connectivity index (χ4v) is 2.16. The number of hydrogen-bond acceptors (Lipinski definition) is 3. The summed E-state index contributed by atoms with van der Waals surface area (Å²) >= 11 is 0. The molecule has 1 aromatic carbocycles. The van der Waals surface area contributed by atoms with E-state index in [1.54, 1.807) is 29.0 Å². The number of fused-ring (bicyclic) bond motifs is 1. The van der Waals surface area contributed by atoms with Gasteiger partial charge in [0.15, 0.2) is 0 Å². The Labute approximate surface area is 122 Å². The van der Waals surface area contributed by atoms with Gasteiger partial charge in [-0.2, -0.15) is 0 Å². The minimum atomic E-state index is -0.410. The van der Waals surface area contributed by atoms with E-state index in [4.69, 9.17) is 0 Å². The fraction of sp³-hybridized carbons (Fsp3) is 0.400. The molecule has 112 valence electrons. The Hall–Kier alpha value is -2.37. The first-order valence-electron chi connectivity index (χ1n) is 6.87. The molecule has 1 N–H and O–H groups in total. The van der Waals surface area contributed by atoms with Crippen molar-refractivity contribution < 1.29 is 9.72 Å². The Morgan fingerprint density at radius 3 is 2.71 bits per heavy atom. The molecule has 1 heterocycles. The van der Waals surface area contributed by atoms with E-state index >= 15 is 0 Å². The third-order valence-corrected chi connectivity index (χ3v) is 3.66. The highest BCUT2D eigenvalue weighted by molar-refractivity contribution is 5.90. The predicted molar refractivity (Wildman–Crippen MR) is 81.1 cm³/mol. The zero-order chi connectivity index (χ0) is 15.6. The highest BCUT2D eigenvalue weighted by Crippen LogP contribution is 2.26. The Kier molecular flexibility index (Phi) is 3.97. The standard InChI is InChI=1S/C15H19N3O3/c1-4-15(2,3)16-14(19)10-17-9-8-11-12(17)6-5-7-13(11)18(20)21/h5-9H,4,10H2,1-3H3,(H,16,19). The lowest BCUT2D eigenvalue weighted by molar-refractivity contribution is -0.383. The molecule has 0 fully saturated rings.